The summed E-state index contributed by atoms with van der Waals surface area (Å²) >= 11 is 0. The van der Waals surface area contributed by atoms with Crippen LogP contribution in [0.25, 0.3) is 0 Å². The number of benzene rings is 2. The Morgan fingerprint density at radius 1 is 1.14 bits per heavy atom. The molecule has 0 spiro atoms. The molecule has 0 aliphatic carbocycles. The maximum Gasteiger partial charge on any atom is 0.318 e. The van der Waals surface area contributed by atoms with Gasteiger partial charge in [-0.25, -0.2) is 9.18 Å². The molecule has 2 rings (SSSR count). The van der Waals surface area contributed by atoms with Gasteiger partial charge in [-0.1, -0.05) is 18.1 Å². The Morgan fingerprint density at radius 2 is 1.76 bits per heavy atom. The van der Waals surface area contributed by atoms with Gasteiger partial charge in [0.2, 0.25) is 5.75 Å². The summed E-state index contributed by atoms with van der Waals surface area (Å²) in [7, 11) is 3.08. The topological polar surface area (TPSA) is 60.0 Å². The van der Waals surface area contributed by atoms with Crippen molar-refractivity contribution in [3.05, 3.63) is 53.3 Å². The molecule has 6 nitrogen and oxygen atoms in total. The van der Waals surface area contributed by atoms with E-state index in [0.717, 1.165) is 11.1 Å². The van der Waals surface area contributed by atoms with Crippen molar-refractivity contribution in [3.63, 3.8) is 0 Å². The number of hydrogen-bond donors (Lipinski definition) is 1. The monoisotopic (exact) mass is 400 g/mol. The third-order valence-corrected chi connectivity index (χ3v) is 4.11. The Balaban J connectivity index is 2.10. The number of amides is 2. The van der Waals surface area contributed by atoms with Gasteiger partial charge in [0.25, 0.3) is 0 Å². The number of ether oxygens (including phenoxy) is 3. The number of carbonyl (C=O) groups excluding carboxylic acids is 1. The highest BCUT2D eigenvalue weighted by molar-refractivity contribution is 5.74. The fraction of sp³-hybridized carbons (Fsp3) is 0.318. The normalized spacial score (nSPS) is 10.0. The number of halogens is 1. The highest BCUT2D eigenvalue weighted by atomic mass is 19.1. The molecule has 0 aliphatic rings. The Bertz CT molecular complexity index is 837. The molecule has 0 aromatic heterocycles. The predicted molar refractivity (Wildman–Crippen MR) is 109 cm³/mol. The second-order valence-electron chi connectivity index (χ2n) is 6.11. The third-order valence-electron chi connectivity index (χ3n) is 4.11. The van der Waals surface area contributed by atoms with Gasteiger partial charge in [-0.15, -0.1) is 6.42 Å². The van der Waals surface area contributed by atoms with Crippen molar-refractivity contribution in [1.29, 1.82) is 0 Å². The van der Waals surface area contributed by atoms with E-state index in [1.54, 1.807) is 24.3 Å². The molecule has 2 aromatic carbocycles. The number of nitrogens with one attached hydrogen (secondary N) is 1. The van der Waals surface area contributed by atoms with E-state index in [0.29, 0.717) is 23.9 Å². The molecule has 0 radical (unpaired) electrons. The summed E-state index contributed by atoms with van der Waals surface area (Å²) < 4.78 is 29.4. The van der Waals surface area contributed by atoms with E-state index < -0.39 is 0 Å². The summed E-state index contributed by atoms with van der Waals surface area (Å²) in [6.45, 7) is 2.97. The van der Waals surface area contributed by atoms with E-state index in [9.17, 15) is 9.18 Å². The highest BCUT2D eigenvalue weighted by Gasteiger charge is 2.16. The summed E-state index contributed by atoms with van der Waals surface area (Å²) in [6, 6.07) is 9.15. The number of urea groups is 1. The maximum absolute atomic E-state index is 13.1. The number of hydrogen-bond acceptors (Lipinski definition) is 4. The smallest absolute Gasteiger partial charge is 0.318 e. The summed E-state index contributed by atoms with van der Waals surface area (Å²) in [5.74, 6) is 3.68. The van der Waals surface area contributed by atoms with E-state index in [-0.39, 0.29) is 31.5 Å². The van der Waals surface area contributed by atoms with Crippen molar-refractivity contribution in [2.75, 3.05) is 27.4 Å². The number of rotatable bonds is 9. The zero-order valence-electron chi connectivity index (χ0n) is 16.8. The lowest BCUT2D eigenvalue weighted by molar-refractivity contribution is 0.201. The van der Waals surface area contributed by atoms with Crippen molar-refractivity contribution >= 4 is 6.03 Å². The largest absolute Gasteiger partial charge is 0.493 e. The second-order valence-corrected chi connectivity index (χ2v) is 6.11. The van der Waals surface area contributed by atoms with Crippen LogP contribution >= 0.6 is 0 Å². The standard InChI is InChI=1S/C22H25FN2O4/c1-5-11-25(15-16-7-9-18(23)10-8-16)22(26)24-14-17-12-19(27-3)21(29-6-2)20(13-17)28-4/h1,7-10,12-13H,6,11,14-15H2,2-4H3,(H,24,26). The van der Waals surface area contributed by atoms with Gasteiger partial charge in [-0.3, -0.25) is 0 Å². The van der Waals surface area contributed by atoms with Crippen LogP contribution in [0, 0.1) is 18.2 Å². The van der Waals surface area contributed by atoms with E-state index in [4.69, 9.17) is 20.6 Å². The minimum atomic E-state index is -0.334. The molecule has 0 heterocycles. The van der Waals surface area contributed by atoms with Gasteiger partial charge < -0.3 is 24.4 Å². The van der Waals surface area contributed by atoms with Crippen molar-refractivity contribution in [1.82, 2.24) is 10.2 Å². The molecule has 0 bridgehead atoms. The number of terminal acetylenes is 1. The Labute approximate surface area is 170 Å². The minimum Gasteiger partial charge on any atom is -0.493 e. The first kappa shape index (κ1) is 21.9. The molecule has 2 aromatic rings. The van der Waals surface area contributed by atoms with Crippen LogP contribution in [-0.4, -0.2) is 38.3 Å². The van der Waals surface area contributed by atoms with E-state index >= 15 is 0 Å². The molecule has 1 N–H and O–H groups in total. The fourth-order valence-corrected chi connectivity index (χ4v) is 2.73. The fourth-order valence-electron chi connectivity index (χ4n) is 2.73. The molecule has 0 aliphatic heterocycles. The first-order valence-corrected chi connectivity index (χ1v) is 9.10. The lowest BCUT2D eigenvalue weighted by atomic mass is 10.1. The molecule has 7 heteroatoms. The summed E-state index contributed by atoms with van der Waals surface area (Å²) in [4.78, 5) is 14.1. The molecule has 2 amide bonds. The SMILES string of the molecule is C#CCN(Cc1ccc(F)cc1)C(=O)NCc1cc(OC)c(OCC)c(OC)c1. The molecular weight excluding hydrogens is 375 g/mol. The van der Waals surface area contributed by atoms with Gasteiger partial charge in [-0.05, 0) is 42.3 Å². The molecule has 0 saturated heterocycles. The van der Waals surface area contributed by atoms with Crippen LogP contribution in [0.4, 0.5) is 9.18 Å². The molecule has 0 fully saturated rings. The lowest BCUT2D eigenvalue weighted by Crippen LogP contribution is -2.39. The highest BCUT2D eigenvalue weighted by Crippen LogP contribution is 2.38. The van der Waals surface area contributed by atoms with Gasteiger partial charge in [0.15, 0.2) is 11.5 Å². The Morgan fingerprint density at radius 3 is 2.28 bits per heavy atom. The number of carbonyl (C=O) groups is 1. The van der Waals surface area contributed by atoms with Crippen molar-refractivity contribution < 1.29 is 23.4 Å². The van der Waals surface area contributed by atoms with Crippen LogP contribution in [0.2, 0.25) is 0 Å². The van der Waals surface area contributed by atoms with Gasteiger partial charge in [0, 0.05) is 13.1 Å². The predicted octanol–water partition coefficient (Wildman–Crippen LogP) is 3.59. The first-order chi connectivity index (χ1) is 14.0. The number of nitrogens with zero attached hydrogens (tertiary/aromatic N) is 1. The number of methoxy groups -OCH3 is 2. The Hall–Kier alpha value is -3.40. The van der Waals surface area contributed by atoms with Crippen LogP contribution in [0.5, 0.6) is 17.2 Å². The van der Waals surface area contributed by atoms with E-state index in [1.807, 2.05) is 6.92 Å². The summed E-state index contributed by atoms with van der Waals surface area (Å²) in [5, 5.41) is 2.84. The van der Waals surface area contributed by atoms with Crippen LogP contribution in [-0.2, 0) is 13.1 Å². The zero-order chi connectivity index (χ0) is 21.2. The average molecular weight is 400 g/mol. The molecule has 0 saturated carbocycles. The minimum absolute atomic E-state index is 0.124. The summed E-state index contributed by atoms with van der Waals surface area (Å²) in [5.41, 5.74) is 1.55. The van der Waals surface area contributed by atoms with Crippen LogP contribution in [0.15, 0.2) is 36.4 Å². The first-order valence-electron chi connectivity index (χ1n) is 9.10. The van der Waals surface area contributed by atoms with E-state index in [2.05, 4.69) is 11.2 Å². The molecular formula is C22H25FN2O4. The Kier molecular flexibility index (Phi) is 8.16. The zero-order valence-corrected chi connectivity index (χ0v) is 16.8. The van der Waals surface area contributed by atoms with Crippen LogP contribution < -0.4 is 19.5 Å². The molecule has 29 heavy (non-hydrogen) atoms. The third kappa shape index (κ3) is 6.04. The second kappa shape index (κ2) is 10.8. The van der Waals surface area contributed by atoms with Crippen LogP contribution in [0.3, 0.4) is 0 Å². The van der Waals surface area contributed by atoms with Crippen molar-refractivity contribution in [2.24, 2.45) is 0 Å². The summed E-state index contributed by atoms with van der Waals surface area (Å²) in [6.07, 6.45) is 5.39. The maximum atomic E-state index is 13.1. The molecule has 0 unspecified atom stereocenters. The molecule has 0 atom stereocenters. The van der Waals surface area contributed by atoms with Gasteiger partial charge >= 0.3 is 6.03 Å². The van der Waals surface area contributed by atoms with Crippen molar-refractivity contribution in [2.45, 2.75) is 20.0 Å². The van der Waals surface area contributed by atoms with Crippen LogP contribution in [0.1, 0.15) is 18.1 Å². The quantitative estimate of drug-likeness (QED) is 0.654. The lowest BCUT2D eigenvalue weighted by Gasteiger charge is -2.21. The van der Waals surface area contributed by atoms with Gasteiger partial charge in [-0.2, -0.15) is 0 Å². The van der Waals surface area contributed by atoms with E-state index in [1.165, 1.54) is 31.3 Å². The van der Waals surface area contributed by atoms with Gasteiger partial charge in [0.05, 0.1) is 27.4 Å². The molecule has 154 valence electrons. The average Bonchev–Trinajstić information content (AvgIpc) is 2.73. The van der Waals surface area contributed by atoms with Crippen molar-refractivity contribution in [3.8, 4) is 29.6 Å². The van der Waals surface area contributed by atoms with Gasteiger partial charge in [0.1, 0.15) is 5.82 Å².